The van der Waals surface area contributed by atoms with Crippen molar-refractivity contribution in [1.29, 1.82) is 0 Å². The molecule has 1 aliphatic carbocycles. The van der Waals surface area contributed by atoms with Gasteiger partial charge in [-0.25, -0.2) is 13.2 Å². The highest BCUT2D eigenvalue weighted by atomic mass is 32.2. The maximum Gasteiger partial charge on any atom is 0.321 e. The Kier molecular flexibility index (Phi) is 4.74. The molecule has 2 aromatic carbocycles. The summed E-state index contributed by atoms with van der Waals surface area (Å²) in [6.45, 7) is 1.64. The highest BCUT2D eigenvalue weighted by molar-refractivity contribution is 7.93. The van der Waals surface area contributed by atoms with E-state index in [-0.39, 0.29) is 10.9 Å². The van der Waals surface area contributed by atoms with Gasteiger partial charge in [0.1, 0.15) is 6.54 Å². The van der Waals surface area contributed by atoms with E-state index in [2.05, 4.69) is 17.6 Å². The van der Waals surface area contributed by atoms with Crippen LogP contribution in [-0.2, 0) is 14.8 Å². The lowest BCUT2D eigenvalue weighted by molar-refractivity contribution is -0.118. The lowest BCUT2D eigenvalue weighted by Crippen LogP contribution is -2.50. The van der Waals surface area contributed by atoms with E-state index in [4.69, 9.17) is 0 Å². The van der Waals surface area contributed by atoms with Gasteiger partial charge in [0.05, 0.1) is 10.6 Å². The molecule has 0 unspecified atom stereocenters. The number of carbonyl (C=O) groups excluding carboxylic acids is 2. The van der Waals surface area contributed by atoms with E-state index < -0.39 is 28.5 Å². The van der Waals surface area contributed by atoms with E-state index in [0.717, 1.165) is 35.4 Å². The van der Waals surface area contributed by atoms with Crippen LogP contribution in [0.4, 0.5) is 10.5 Å². The number of benzene rings is 2. The molecule has 1 heterocycles. The van der Waals surface area contributed by atoms with Gasteiger partial charge in [-0.1, -0.05) is 44.0 Å². The molecule has 0 spiro atoms. The number of imide groups is 1. The first kappa shape index (κ1) is 18.7. The van der Waals surface area contributed by atoms with Crippen LogP contribution < -0.4 is 14.9 Å². The third-order valence-corrected chi connectivity index (χ3v) is 7.45. The maximum atomic E-state index is 12.9. The zero-order chi connectivity index (χ0) is 19.9. The summed E-state index contributed by atoms with van der Waals surface area (Å²) in [4.78, 5) is 24.8. The lowest BCUT2D eigenvalue weighted by atomic mass is 9.86. The number of anilines is 1. The normalized spacial score (nSPS) is 22.8. The Labute approximate surface area is 164 Å². The van der Waals surface area contributed by atoms with Crippen LogP contribution in [0, 0.1) is 5.92 Å². The third kappa shape index (κ3) is 3.22. The number of urea groups is 1. The summed E-state index contributed by atoms with van der Waals surface area (Å²) in [5.74, 6) is -0.296. The van der Waals surface area contributed by atoms with Crippen molar-refractivity contribution in [3.63, 3.8) is 0 Å². The van der Waals surface area contributed by atoms with Gasteiger partial charge in [-0.15, -0.1) is 0 Å². The van der Waals surface area contributed by atoms with Crippen LogP contribution in [0.1, 0.15) is 32.6 Å². The smallest absolute Gasteiger partial charge is 0.321 e. The number of hydrogen-bond donors (Lipinski definition) is 2. The van der Waals surface area contributed by atoms with E-state index in [1.54, 1.807) is 18.2 Å². The van der Waals surface area contributed by atoms with Crippen LogP contribution in [0.2, 0.25) is 0 Å². The van der Waals surface area contributed by atoms with Crippen molar-refractivity contribution in [3.8, 4) is 0 Å². The van der Waals surface area contributed by atoms with Gasteiger partial charge >= 0.3 is 6.03 Å². The van der Waals surface area contributed by atoms with E-state index in [9.17, 15) is 18.0 Å². The Hall–Kier alpha value is -2.61. The van der Waals surface area contributed by atoms with E-state index >= 15 is 0 Å². The molecular weight excluding hydrogens is 378 g/mol. The molecule has 148 valence electrons. The molecule has 8 heteroatoms. The Bertz CT molecular complexity index is 1050. The van der Waals surface area contributed by atoms with Gasteiger partial charge in [-0.05, 0) is 36.3 Å². The van der Waals surface area contributed by atoms with Crippen molar-refractivity contribution in [3.05, 3.63) is 36.4 Å². The van der Waals surface area contributed by atoms with Gasteiger partial charge in [0.2, 0.25) is 5.91 Å². The molecular formula is C20H23N3O4S. The molecule has 28 heavy (non-hydrogen) atoms. The van der Waals surface area contributed by atoms with E-state index in [1.165, 1.54) is 6.07 Å². The summed E-state index contributed by atoms with van der Waals surface area (Å²) >= 11 is 0. The largest absolute Gasteiger partial charge is 0.335 e. The molecule has 4 rings (SSSR count). The van der Waals surface area contributed by atoms with Crippen LogP contribution >= 0.6 is 0 Å². The monoisotopic (exact) mass is 401 g/mol. The summed E-state index contributed by atoms with van der Waals surface area (Å²) < 4.78 is 26.8. The number of rotatable bonds is 3. The van der Waals surface area contributed by atoms with Crippen LogP contribution in [0.25, 0.3) is 10.8 Å². The second-order valence-electron chi connectivity index (χ2n) is 7.53. The Morgan fingerprint density at radius 1 is 1.11 bits per heavy atom. The van der Waals surface area contributed by atoms with Crippen molar-refractivity contribution in [2.24, 2.45) is 5.92 Å². The first-order chi connectivity index (χ1) is 13.4. The van der Waals surface area contributed by atoms with Gasteiger partial charge in [0.15, 0.2) is 0 Å². The van der Waals surface area contributed by atoms with E-state index in [0.29, 0.717) is 17.0 Å². The first-order valence-electron chi connectivity index (χ1n) is 9.53. The highest BCUT2D eigenvalue weighted by Gasteiger charge is 2.37. The van der Waals surface area contributed by atoms with Crippen molar-refractivity contribution in [2.45, 2.75) is 43.5 Å². The second kappa shape index (κ2) is 7.09. The molecule has 2 aliphatic rings. The number of hydrogen-bond acceptors (Lipinski definition) is 4. The fourth-order valence-electron chi connectivity index (χ4n) is 4.16. The second-order valence-corrected chi connectivity index (χ2v) is 9.36. The Balaban J connectivity index is 1.48. The predicted octanol–water partition coefficient (Wildman–Crippen LogP) is 2.75. The topological polar surface area (TPSA) is 95.6 Å². The van der Waals surface area contributed by atoms with Gasteiger partial charge in [-0.3, -0.25) is 14.4 Å². The van der Waals surface area contributed by atoms with Crippen LogP contribution in [0.5, 0.6) is 0 Å². The predicted molar refractivity (Wildman–Crippen MR) is 107 cm³/mol. The number of carbonyl (C=O) groups is 2. The molecule has 1 saturated carbocycles. The van der Waals surface area contributed by atoms with Crippen molar-refractivity contribution >= 4 is 38.4 Å². The minimum Gasteiger partial charge on any atom is -0.335 e. The number of nitrogens with zero attached hydrogens (tertiary/aromatic N) is 1. The SMILES string of the molecule is C[C@H]1CCCC[C@@H]1NC(=O)NC(=O)CN1c2cccc3cccc(c23)S1(=O)=O. The summed E-state index contributed by atoms with van der Waals surface area (Å²) in [6.07, 6.45) is 4.14. The molecule has 0 saturated heterocycles. The standard InChI is InChI=1S/C20H23N3O4S/c1-13-6-2-3-9-15(13)21-20(25)22-18(24)12-23-16-10-4-7-14-8-5-11-17(19(14)16)28(23,26)27/h4-5,7-8,10-11,13,15H,2-3,6,9,12H2,1H3,(H2,21,22,24,25)/t13-,15-/m0/s1. The molecule has 2 N–H and O–H groups in total. The Morgan fingerprint density at radius 2 is 1.82 bits per heavy atom. The minimum atomic E-state index is -3.82. The number of amides is 3. The first-order valence-corrected chi connectivity index (χ1v) is 11.0. The molecule has 0 radical (unpaired) electrons. The molecule has 7 nitrogen and oxygen atoms in total. The fraction of sp³-hybridized carbons (Fsp3) is 0.400. The molecule has 1 aliphatic heterocycles. The molecule has 0 aromatic heterocycles. The average molecular weight is 401 g/mol. The summed E-state index contributed by atoms with van der Waals surface area (Å²) in [5.41, 5.74) is 0.463. The minimum absolute atomic E-state index is 0.0371. The van der Waals surface area contributed by atoms with Gasteiger partial charge < -0.3 is 5.32 Å². The molecule has 1 fully saturated rings. The van der Waals surface area contributed by atoms with Crippen LogP contribution in [0.15, 0.2) is 41.3 Å². The number of sulfonamides is 1. The van der Waals surface area contributed by atoms with Crippen molar-refractivity contribution in [1.82, 2.24) is 10.6 Å². The zero-order valence-corrected chi connectivity index (χ0v) is 16.5. The quantitative estimate of drug-likeness (QED) is 0.827. The van der Waals surface area contributed by atoms with Crippen molar-refractivity contribution < 1.29 is 18.0 Å². The van der Waals surface area contributed by atoms with Gasteiger partial charge in [0.25, 0.3) is 10.0 Å². The summed E-state index contributed by atoms with van der Waals surface area (Å²) in [5, 5.41) is 6.53. The number of nitrogens with one attached hydrogen (secondary N) is 2. The summed E-state index contributed by atoms with van der Waals surface area (Å²) in [7, 11) is -3.82. The molecule has 2 aromatic rings. The van der Waals surface area contributed by atoms with Gasteiger partial charge in [0, 0.05) is 11.4 Å². The fourth-order valence-corrected chi connectivity index (χ4v) is 5.83. The summed E-state index contributed by atoms with van der Waals surface area (Å²) in [6, 6.07) is 9.78. The molecule has 2 atom stereocenters. The average Bonchev–Trinajstić information content (AvgIpc) is 2.87. The lowest BCUT2D eigenvalue weighted by Gasteiger charge is -2.29. The molecule has 3 amide bonds. The zero-order valence-electron chi connectivity index (χ0n) is 15.6. The molecule has 0 bridgehead atoms. The third-order valence-electron chi connectivity index (χ3n) is 5.65. The Morgan fingerprint density at radius 3 is 2.57 bits per heavy atom. The van der Waals surface area contributed by atoms with Crippen LogP contribution in [0.3, 0.4) is 0 Å². The maximum absolute atomic E-state index is 12.9. The van der Waals surface area contributed by atoms with E-state index in [1.807, 2.05) is 12.1 Å². The van der Waals surface area contributed by atoms with Crippen molar-refractivity contribution in [2.75, 3.05) is 10.8 Å². The van der Waals surface area contributed by atoms with Gasteiger partial charge in [-0.2, -0.15) is 0 Å². The highest BCUT2D eigenvalue weighted by Crippen LogP contribution is 2.41. The van der Waals surface area contributed by atoms with Crippen LogP contribution in [-0.4, -0.2) is 32.9 Å².